The SMILES string of the molecule is O=C(Cc1cccs1)Nc1nc(-c2c[nH]c3ccccc23)cs1. The first-order valence-electron chi connectivity index (χ1n) is 7.14. The van der Waals surface area contributed by atoms with E-state index >= 15 is 0 Å². The Labute approximate surface area is 140 Å². The summed E-state index contributed by atoms with van der Waals surface area (Å²) < 4.78 is 0. The van der Waals surface area contributed by atoms with Crippen molar-refractivity contribution in [2.24, 2.45) is 0 Å². The number of nitrogens with one attached hydrogen (secondary N) is 2. The molecule has 0 aliphatic rings. The Morgan fingerprint density at radius 3 is 2.96 bits per heavy atom. The van der Waals surface area contributed by atoms with Crippen molar-refractivity contribution in [3.05, 3.63) is 58.2 Å². The summed E-state index contributed by atoms with van der Waals surface area (Å²) in [5.74, 6) is -0.0349. The number of H-pyrrole nitrogens is 1. The van der Waals surface area contributed by atoms with Crippen LogP contribution in [0.4, 0.5) is 5.13 Å². The molecule has 4 nitrogen and oxygen atoms in total. The molecule has 0 atom stereocenters. The molecule has 2 N–H and O–H groups in total. The number of nitrogens with zero attached hydrogens (tertiary/aromatic N) is 1. The van der Waals surface area contributed by atoms with Gasteiger partial charge in [0.15, 0.2) is 5.13 Å². The lowest BCUT2D eigenvalue weighted by molar-refractivity contribution is -0.115. The number of thiazole rings is 1. The van der Waals surface area contributed by atoms with Gasteiger partial charge in [0.2, 0.25) is 5.91 Å². The highest BCUT2D eigenvalue weighted by Gasteiger charge is 2.12. The van der Waals surface area contributed by atoms with Gasteiger partial charge in [0.1, 0.15) is 0 Å². The third-order valence-electron chi connectivity index (χ3n) is 3.53. The number of hydrogen-bond acceptors (Lipinski definition) is 4. The molecule has 1 aromatic carbocycles. The molecule has 0 saturated carbocycles. The fraction of sp³-hybridized carbons (Fsp3) is 0.0588. The van der Waals surface area contributed by atoms with E-state index in [2.05, 4.69) is 21.4 Å². The van der Waals surface area contributed by atoms with E-state index < -0.39 is 0 Å². The minimum absolute atomic E-state index is 0.0349. The van der Waals surface area contributed by atoms with Crippen molar-refractivity contribution in [3.63, 3.8) is 0 Å². The van der Waals surface area contributed by atoms with Crippen molar-refractivity contribution in [3.8, 4) is 11.3 Å². The maximum atomic E-state index is 12.0. The molecule has 0 unspecified atom stereocenters. The minimum atomic E-state index is -0.0349. The van der Waals surface area contributed by atoms with E-state index in [0.29, 0.717) is 11.6 Å². The maximum Gasteiger partial charge on any atom is 0.231 e. The average molecular weight is 339 g/mol. The highest BCUT2D eigenvalue weighted by molar-refractivity contribution is 7.14. The zero-order chi connectivity index (χ0) is 15.6. The monoisotopic (exact) mass is 339 g/mol. The molecule has 0 bridgehead atoms. The van der Waals surface area contributed by atoms with Crippen molar-refractivity contribution < 1.29 is 4.79 Å². The second-order valence-electron chi connectivity index (χ2n) is 5.09. The number of para-hydroxylation sites is 1. The van der Waals surface area contributed by atoms with E-state index in [4.69, 9.17) is 0 Å². The molecule has 23 heavy (non-hydrogen) atoms. The molecular formula is C17H13N3OS2. The number of aromatic amines is 1. The van der Waals surface area contributed by atoms with Crippen LogP contribution in [-0.4, -0.2) is 15.9 Å². The molecule has 1 amide bonds. The number of rotatable bonds is 4. The summed E-state index contributed by atoms with van der Waals surface area (Å²) in [6.07, 6.45) is 2.34. The van der Waals surface area contributed by atoms with Gasteiger partial charge in [0.05, 0.1) is 12.1 Å². The molecule has 0 fully saturated rings. The first-order chi connectivity index (χ1) is 11.3. The average Bonchev–Trinajstić information content (AvgIpc) is 3.26. The van der Waals surface area contributed by atoms with Gasteiger partial charge >= 0.3 is 0 Å². The molecular weight excluding hydrogens is 326 g/mol. The Hall–Kier alpha value is -2.44. The molecule has 114 valence electrons. The maximum absolute atomic E-state index is 12.0. The van der Waals surface area contributed by atoms with Crippen LogP contribution in [0.15, 0.2) is 53.4 Å². The Kier molecular flexibility index (Phi) is 3.69. The van der Waals surface area contributed by atoms with Crippen LogP contribution >= 0.6 is 22.7 Å². The van der Waals surface area contributed by atoms with Crippen LogP contribution < -0.4 is 5.32 Å². The van der Waals surface area contributed by atoms with Gasteiger partial charge in [-0.1, -0.05) is 24.3 Å². The third kappa shape index (κ3) is 2.91. The van der Waals surface area contributed by atoms with Gasteiger partial charge in [-0.2, -0.15) is 0 Å². The molecule has 6 heteroatoms. The molecule has 0 aliphatic carbocycles. The summed E-state index contributed by atoms with van der Waals surface area (Å²) in [6.45, 7) is 0. The van der Waals surface area contributed by atoms with Crippen LogP contribution in [0.2, 0.25) is 0 Å². The normalized spacial score (nSPS) is 11.0. The van der Waals surface area contributed by atoms with E-state index in [1.165, 1.54) is 11.3 Å². The first kappa shape index (κ1) is 14.2. The van der Waals surface area contributed by atoms with Crippen molar-refractivity contribution in [1.29, 1.82) is 0 Å². The van der Waals surface area contributed by atoms with Crippen LogP contribution in [0.1, 0.15) is 4.88 Å². The Balaban J connectivity index is 1.54. The Morgan fingerprint density at radius 2 is 2.09 bits per heavy atom. The third-order valence-corrected chi connectivity index (χ3v) is 5.16. The fourth-order valence-electron chi connectivity index (χ4n) is 2.47. The number of benzene rings is 1. The molecule has 0 saturated heterocycles. The van der Waals surface area contributed by atoms with Gasteiger partial charge in [-0.25, -0.2) is 4.98 Å². The summed E-state index contributed by atoms with van der Waals surface area (Å²) in [4.78, 5) is 20.9. The molecule has 3 heterocycles. The van der Waals surface area contributed by atoms with Gasteiger partial charge in [0.25, 0.3) is 0 Å². The van der Waals surface area contributed by atoms with Crippen molar-refractivity contribution >= 4 is 44.6 Å². The standard InChI is InChI=1S/C17H13N3OS2/c21-16(8-11-4-3-7-22-11)20-17-19-15(10-23-17)13-9-18-14-6-2-1-5-12(13)14/h1-7,9-10,18H,8H2,(H,19,20,21). The summed E-state index contributed by atoms with van der Waals surface area (Å²) in [7, 11) is 0. The number of aromatic nitrogens is 2. The summed E-state index contributed by atoms with van der Waals surface area (Å²) in [5, 5.41) is 8.58. The highest BCUT2D eigenvalue weighted by Crippen LogP contribution is 2.30. The number of anilines is 1. The smallest absolute Gasteiger partial charge is 0.231 e. The molecule has 0 radical (unpaired) electrons. The van der Waals surface area contributed by atoms with Crippen molar-refractivity contribution in [1.82, 2.24) is 9.97 Å². The molecule has 4 rings (SSSR count). The van der Waals surface area contributed by atoms with Gasteiger partial charge in [0, 0.05) is 32.9 Å². The lowest BCUT2D eigenvalue weighted by Gasteiger charge is -1.99. The summed E-state index contributed by atoms with van der Waals surface area (Å²) in [5.41, 5.74) is 3.01. The Bertz CT molecular complexity index is 953. The summed E-state index contributed by atoms with van der Waals surface area (Å²) >= 11 is 3.03. The number of hydrogen-bond donors (Lipinski definition) is 2. The second-order valence-corrected chi connectivity index (χ2v) is 6.98. The summed E-state index contributed by atoms with van der Waals surface area (Å²) in [6, 6.07) is 12.0. The lowest BCUT2D eigenvalue weighted by atomic mass is 10.1. The predicted octanol–water partition coefficient (Wildman–Crippen LogP) is 4.53. The van der Waals surface area contributed by atoms with Crippen molar-refractivity contribution in [2.75, 3.05) is 5.32 Å². The van der Waals surface area contributed by atoms with E-state index in [0.717, 1.165) is 27.0 Å². The number of carbonyl (C=O) groups is 1. The number of fused-ring (bicyclic) bond motifs is 1. The van der Waals surface area contributed by atoms with Crippen LogP contribution in [-0.2, 0) is 11.2 Å². The molecule has 3 aromatic heterocycles. The predicted molar refractivity (Wildman–Crippen MR) is 96.1 cm³/mol. The van der Waals surface area contributed by atoms with Gasteiger partial charge < -0.3 is 10.3 Å². The van der Waals surface area contributed by atoms with Crippen molar-refractivity contribution in [2.45, 2.75) is 6.42 Å². The Morgan fingerprint density at radius 1 is 1.17 bits per heavy atom. The van der Waals surface area contributed by atoms with E-state index in [1.807, 2.05) is 47.3 Å². The van der Waals surface area contributed by atoms with Crippen LogP contribution in [0, 0.1) is 0 Å². The van der Waals surface area contributed by atoms with Gasteiger partial charge in [-0.05, 0) is 17.5 Å². The van der Waals surface area contributed by atoms with Crippen LogP contribution in [0.3, 0.4) is 0 Å². The highest BCUT2D eigenvalue weighted by atomic mass is 32.1. The fourth-order valence-corrected chi connectivity index (χ4v) is 3.90. The quantitative estimate of drug-likeness (QED) is 0.574. The molecule has 0 aliphatic heterocycles. The van der Waals surface area contributed by atoms with E-state index in [9.17, 15) is 4.79 Å². The van der Waals surface area contributed by atoms with Gasteiger partial charge in [-0.3, -0.25) is 4.79 Å². The number of amides is 1. The largest absolute Gasteiger partial charge is 0.360 e. The zero-order valence-electron chi connectivity index (χ0n) is 12.1. The number of carbonyl (C=O) groups excluding carboxylic acids is 1. The lowest BCUT2D eigenvalue weighted by Crippen LogP contribution is -2.13. The van der Waals surface area contributed by atoms with E-state index in [-0.39, 0.29) is 5.91 Å². The van der Waals surface area contributed by atoms with E-state index in [1.54, 1.807) is 11.3 Å². The van der Waals surface area contributed by atoms with Crippen LogP contribution in [0.5, 0.6) is 0 Å². The number of thiophene rings is 1. The zero-order valence-corrected chi connectivity index (χ0v) is 13.7. The molecule has 0 spiro atoms. The first-order valence-corrected chi connectivity index (χ1v) is 8.90. The second kappa shape index (κ2) is 5.98. The topological polar surface area (TPSA) is 57.8 Å². The van der Waals surface area contributed by atoms with Crippen LogP contribution in [0.25, 0.3) is 22.2 Å². The molecule has 4 aromatic rings. The minimum Gasteiger partial charge on any atom is -0.360 e. The van der Waals surface area contributed by atoms with Gasteiger partial charge in [-0.15, -0.1) is 22.7 Å².